The molecule has 130 valence electrons. The van der Waals surface area contributed by atoms with Gasteiger partial charge in [0.15, 0.2) is 11.5 Å². The minimum Gasteiger partial charge on any atom is -0.492 e. The number of hydrogen-bond acceptors (Lipinski definition) is 3. The summed E-state index contributed by atoms with van der Waals surface area (Å²) in [5.74, 6) is 0.0388. The second kappa shape index (κ2) is 9.21. The quantitative estimate of drug-likeness (QED) is 0.385. The Morgan fingerprint density at radius 3 is 2.46 bits per heavy atom. The maximum absolute atomic E-state index is 12.7. The van der Waals surface area contributed by atoms with Crippen LogP contribution < -0.4 is 0 Å². The van der Waals surface area contributed by atoms with E-state index in [1.54, 1.807) is 6.92 Å². The molecule has 0 saturated heterocycles. The lowest BCUT2D eigenvalue weighted by Gasteiger charge is -2.23. The van der Waals surface area contributed by atoms with Gasteiger partial charge in [0.2, 0.25) is 5.78 Å². The lowest BCUT2D eigenvalue weighted by atomic mass is 9.81. The molecule has 3 nitrogen and oxygen atoms in total. The number of ether oxygens (including phenoxy) is 1. The van der Waals surface area contributed by atoms with E-state index < -0.39 is 0 Å². The highest BCUT2D eigenvalue weighted by atomic mass is 16.5. The zero-order valence-electron chi connectivity index (χ0n) is 15.6. The smallest absolute Gasteiger partial charge is 0.221 e. The summed E-state index contributed by atoms with van der Waals surface area (Å²) in [5, 5.41) is 0. The van der Waals surface area contributed by atoms with E-state index in [9.17, 15) is 9.59 Å². The van der Waals surface area contributed by atoms with E-state index in [4.69, 9.17) is 4.74 Å². The number of carbonyl (C=O) groups excluding carboxylic acids is 2. The topological polar surface area (TPSA) is 43.4 Å². The fraction of sp³-hybridized carbons (Fsp3) is 0.429. The summed E-state index contributed by atoms with van der Waals surface area (Å²) in [6, 6.07) is 0. The third-order valence-corrected chi connectivity index (χ3v) is 3.96. The SMILES string of the molecule is C/C=C/C=C\[C@H](C)C[C@H](C=C(C)C)C1=CC(=O)C(OC)=C(C)C1=O. The maximum Gasteiger partial charge on any atom is 0.221 e. The molecule has 0 amide bonds. The molecule has 1 aliphatic rings. The van der Waals surface area contributed by atoms with Crippen molar-refractivity contribution in [3.8, 4) is 0 Å². The van der Waals surface area contributed by atoms with Gasteiger partial charge in [0.25, 0.3) is 0 Å². The Bertz CT molecular complexity index is 638. The van der Waals surface area contributed by atoms with E-state index in [1.807, 2.05) is 39.0 Å². The van der Waals surface area contributed by atoms with Crippen molar-refractivity contribution in [2.75, 3.05) is 7.11 Å². The molecule has 1 rings (SSSR count). The van der Waals surface area contributed by atoms with Gasteiger partial charge in [-0.15, -0.1) is 0 Å². The largest absolute Gasteiger partial charge is 0.492 e. The highest BCUT2D eigenvalue weighted by Gasteiger charge is 2.30. The van der Waals surface area contributed by atoms with Crippen LogP contribution in [0.2, 0.25) is 0 Å². The van der Waals surface area contributed by atoms with Crippen LogP contribution in [0.5, 0.6) is 0 Å². The van der Waals surface area contributed by atoms with Gasteiger partial charge in [-0.2, -0.15) is 0 Å². The molecule has 3 heteroatoms. The Labute approximate surface area is 145 Å². The number of carbonyl (C=O) groups is 2. The molecule has 0 aromatic rings. The van der Waals surface area contributed by atoms with Gasteiger partial charge < -0.3 is 4.74 Å². The molecule has 0 fully saturated rings. The molecule has 24 heavy (non-hydrogen) atoms. The number of Topliss-reactive ketones (excluding diaryl/α,β-unsaturated/α-hetero) is 1. The average Bonchev–Trinajstić information content (AvgIpc) is 2.50. The zero-order valence-corrected chi connectivity index (χ0v) is 15.6. The van der Waals surface area contributed by atoms with Crippen LogP contribution in [0.4, 0.5) is 0 Å². The van der Waals surface area contributed by atoms with Crippen molar-refractivity contribution < 1.29 is 14.3 Å². The highest BCUT2D eigenvalue weighted by Crippen LogP contribution is 2.30. The fourth-order valence-corrected chi connectivity index (χ4v) is 2.84. The Hall–Kier alpha value is -2.16. The zero-order chi connectivity index (χ0) is 18.3. The Morgan fingerprint density at radius 1 is 1.25 bits per heavy atom. The molecule has 0 radical (unpaired) electrons. The monoisotopic (exact) mass is 328 g/mol. The van der Waals surface area contributed by atoms with E-state index in [0.717, 1.165) is 12.0 Å². The van der Waals surface area contributed by atoms with Gasteiger partial charge in [-0.3, -0.25) is 9.59 Å². The second-order valence-corrected chi connectivity index (χ2v) is 6.43. The molecular weight excluding hydrogens is 300 g/mol. The van der Waals surface area contributed by atoms with Crippen molar-refractivity contribution in [1.29, 1.82) is 0 Å². The van der Waals surface area contributed by atoms with Crippen molar-refractivity contribution in [3.63, 3.8) is 0 Å². The molecule has 0 unspecified atom stereocenters. The van der Waals surface area contributed by atoms with E-state index >= 15 is 0 Å². The van der Waals surface area contributed by atoms with Gasteiger partial charge in [-0.25, -0.2) is 0 Å². The Balaban J connectivity index is 3.12. The Kier molecular flexibility index (Phi) is 7.63. The van der Waals surface area contributed by atoms with E-state index in [-0.39, 0.29) is 23.2 Å². The summed E-state index contributed by atoms with van der Waals surface area (Å²) in [7, 11) is 1.42. The van der Waals surface area contributed by atoms with Crippen molar-refractivity contribution in [2.24, 2.45) is 11.8 Å². The Morgan fingerprint density at radius 2 is 1.92 bits per heavy atom. The molecule has 0 bridgehead atoms. The molecule has 2 atom stereocenters. The van der Waals surface area contributed by atoms with Crippen molar-refractivity contribution in [3.05, 3.63) is 58.9 Å². The van der Waals surface area contributed by atoms with Gasteiger partial charge in [-0.05, 0) is 46.1 Å². The highest BCUT2D eigenvalue weighted by molar-refractivity contribution is 6.22. The normalized spacial score (nSPS) is 18.2. The van der Waals surface area contributed by atoms with Gasteiger partial charge >= 0.3 is 0 Å². The molecular formula is C21H28O3. The van der Waals surface area contributed by atoms with Crippen LogP contribution in [0, 0.1) is 11.8 Å². The first kappa shape index (κ1) is 19.9. The molecule has 0 heterocycles. The van der Waals surface area contributed by atoms with Crippen LogP contribution in [0.15, 0.2) is 58.9 Å². The summed E-state index contributed by atoms with van der Waals surface area (Å²) in [5.41, 5.74) is 2.08. The average molecular weight is 328 g/mol. The number of methoxy groups -OCH3 is 1. The lowest BCUT2D eigenvalue weighted by Crippen LogP contribution is -2.23. The first-order valence-corrected chi connectivity index (χ1v) is 8.31. The van der Waals surface area contributed by atoms with E-state index in [0.29, 0.717) is 17.1 Å². The summed E-state index contributed by atoms with van der Waals surface area (Å²) >= 11 is 0. The van der Waals surface area contributed by atoms with Gasteiger partial charge in [-0.1, -0.05) is 42.9 Å². The molecule has 0 aromatic carbocycles. The number of rotatable bonds is 7. The standard InChI is InChI=1S/C21H28O3/c1-7-8-9-10-15(4)12-17(11-14(2)3)18-13-19(22)21(24-6)16(5)20(18)23/h7-11,13,15,17H,12H2,1-6H3/b8-7+,10-9-/t15-,17-/m0/s1. The predicted molar refractivity (Wildman–Crippen MR) is 98.5 cm³/mol. The number of hydrogen-bond donors (Lipinski definition) is 0. The molecule has 0 spiro atoms. The van der Waals surface area contributed by atoms with Crippen LogP contribution in [0.25, 0.3) is 0 Å². The van der Waals surface area contributed by atoms with E-state index in [1.165, 1.54) is 13.2 Å². The first-order chi connectivity index (χ1) is 11.3. The van der Waals surface area contributed by atoms with Gasteiger partial charge in [0, 0.05) is 17.1 Å². The summed E-state index contributed by atoms with van der Waals surface area (Å²) < 4.78 is 5.07. The van der Waals surface area contributed by atoms with Gasteiger partial charge in [0.05, 0.1) is 7.11 Å². The fourth-order valence-electron chi connectivity index (χ4n) is 2.84. The molecule has 0 saturated carbocycles. The second-order valence-electron chi connectivity index (χ2n) is 6.43. The number of allylic oxidation sites excluding steroid dienone is 9. The minimum absolute atomic E-state index is 0.0786. The van der Waals surface area contributed by atoms with E-state index in [2.05, 4.69) is 19.1 Å². The molecule has 0 aromatic heterocycles. The van der Waals surface area contributed by atoms with Crippen molar-refractivity contribution in [1.82, 2.24) is 0 Å². The van der Waals surface area contributed by atoms with Crippen molar-refractivity contribution >= 4 is 11.6 Å². The minimum atomic E-state index is -0.228. The lowest BCUT2D eigenvalue weighted by molar-refractivity contribution is -0.118. The van der Waals surface area contributed by atoms with Crippen molar-refractivity contribution in [2.45, 2.75) is 41.0 Å². The first-order valence-electron chi connectivity index (χ1n) is 8.31. The molecule has 0 aliphatic heterocycles. The van der Waals surface area contributed by atoms with Crippen LogP contribution in [0.3, 0.4) is 0 Å². The van der Waals surface area contributed by atoms with Gasteiger partial charge in [0.1, 0.15) is 0 Å². The summed E-state index contributed by atoms with van der Waals surface area (Å²) in [6.07, 6.45) is 12.4. The molecule has 0 N–H and O–H groups in total. The van der Waals surface area contributed by atoms with Crippen LogP contribution >= 0.6 is 0 Å². The third-order valence-electron chi connectivity index (χ3n) is 3.96. The summed E-state index contributed by atoms with van der Waals surface area (Å²) in [4.78, 5) is 24.9. The van der Waals surface area contributed by atoms with Crippen LogP contribution in [0.1, 0.15) is 41.0 Å². The third kappa shape index (κ3) is 5.19. The van der Waals surface area contributed by atoms with Crippen LogP contribution in [-0.4, -0.2) is 18.7 Å². The maximum atomic E-state index is 12.7. The summed E-state index contributed by atoms with van der Waals surface area (Å²) in [6.45, 7) is 9.75. The van der Waals surface area contributed by atoms with Crippen LogP contribution in [-0.2, 0) is 14.3 Å². The predicted octanol–water partition coefficient (Wildman–Crippen LogP) is 4.73. The molecule has 1 aliphatic carbocycles. The number of ketones is 2.